The molecule has 21 heavy (non-hydrogen) atoms. The van der Waals surface area contributed by atoms with Crippen LogP contribution in [-0.2, 0) is 6.42 Å². The van der Waals surface area contributed by atoms with Crippen LogP contribution in [0, 0.1) is 6.92 Å². The van der Waals surface area contributed by atoms with Crippen LogP contribution in [0.4, 0.5) is 0 Å². The van der Waals surface area contributed by atoms with Crippen molar-refractivity contribution in [2.24, 2.45) is 0 Å². The Bertz CT molecular complexity index is 620. The zero-order valence-electron chi connectivity index (χ0n) is 12.3. The molecule has 0 spiro atoms. The van der Waals surface area contributed by atoms with Gasteiger partial charge in [-0.3, -0.25) is 4.98 Å². The Morgan fingerprint density at radius 3 is 2.62 bits per heavy atom. The van der Waals surface area contributed by atoms with E-state index in [1.807, 2.05) is 24.3 Å². The molecule has 1 N–H and O–H groups in total. The van der Waals surface area contributed by atoms with Crippen LogP contribution in [0.5, 0.6) is 11.5 Å². The smallest absolute Gasteiger partial charge is 0.341 e. The van der Waals surface area contributed by atoms with Gasteiger partial charge in [0.1, 0.15) is 17.1 Å². The van der Waals surface area contributed by atoms with E-state index in [9.17, 15) is 4.79 Å². The number of rotatable bonds is 6. The third-order valence-electron chi connectivity index (χ3n) is 3.20. The number of pyridine rings is 1. The molecule has 0 aliphatic heterocycles. The maximum atomic E-state index is 11.2. The van der Waals surface area contributed by atoms with Gasteiger partial charge in [-0.15, -0.1) is 0 Å². The van der Waals surface area contributed by atoms with Crippen molar-refractivity contribution >= 4 is 5.97 Å². The minimum Gasteiger partial charge on any atom is -0.477 e. The lowest BCUT2D eigenvalue weighted by atomic mass is 10.1. The van der Waals surface area contributed by atoms with Crippen molar-refractivity contribution in [2.75, 3.05) is 0 Å². The Hall–Kier alpha value is -2.36. The number of carbonyl (C=O) groups is 1. The summed E-state index contributed by atoms with van der Waals surface area (Å²) in [6, 6.07) is 9.40. The molecule has 4 heteroatoms. The molecule has 0 atom stereocenters. The number of carboxylic acids is 1. The van der Waals surface area contributed by atoms with Gasteiger partial charge in [0, 0.05) is 18.0 Å². The minimum absolute atomic E-state index is 0.0654. The molecule has 0 amide bonds. The van der Waals surface area contributed by atoms with Crippen molar-refractivity contribution in [3.05, 3.63) is 53.3 Å². The molecule has 4 nitrogen and oxygen atoms in total. The van der Waals surface area contributed by atoms with Crippen LogP contribution >= 0.6 is 0 Å². The Morgan fingerprint density at radius 1 is 1.29 bits per heavy atom. The van der Waals surface area contributed by atoms with E-state index in [1.54, 1.807) is 13.0 Å². The second-order valence-electron chi connectivity index (χ2n) is 4.98. The van der Waals surface area contributed by atoms with Crippen molar-refractivity contribution in [1.82, 2.24) is 4.98 Å². The van der Waals surface area contributed by atoms with E-state index in [-0.39, 0.29) is 5.56 Å². The third-order valence-corrected chi connectivity index (χ3v) is 3.20. The fourth-order valence-corrected chi connectivity index (χ4v) is 2.01. The number of aromatic carboxylic acids is 1. The molecule has 1 aromatic carbocycles. The normalized spacial score (nSPS) is 10.4. The third kappa shape index (κ3) is 4.05. The molecule has 1 aromatic heterocycles. The van der Waals surface area contributed by atoms with Gasteiger partial charge in [0.05, 0.1) is 0 Å². The zero-order chi connectivity index (χ0) is 15.2. The largest absolute Gasteiger partial charge is 0.477 e. The predicted octanol–water partition coefficient (Wildman–Crippen LogP) is 4.22. The average Bonchev–Trinajstić information content (AvgIpc) is 2.46. The number of hydrogen-bond acceptors (Lipinski definition) is 3. The molecule has 110 valence electrons. The first-order valence-corrected chi connectivity index (χ1v) is 7.07. The molecule has 0 unspecified atom stereocenters. The van der Waals surface area contributed by atoms with Gasteiger partial charge in [-0.25, -0.2) is 4.79 Å². The highest BCUT2D eigenvalue weighted by molar-refractivity contribution is 5.90. The molecule has 0 radical (unpaired) electrons. The number of benzene rings is 1. The Balaban J connectivity index is 2.18. The van der Waals surface area contributed by atoms with Crippen molar-refractivity contribution in [3.8, 4) is 11.5 Å². The number of hydrogen-bond donors (Lipinski definition) is 1. The SMILES string of the molecule is CCCCc1ccc(Oc2cc(C)ncc2C(=O)O)cc1. The monoisotopic (exact) mass is 285 g/mol. The van der Waals surface area contributed by atoms with Gasteiger partial charge in [0.15, 0.2) is 0 Å². The highest BCUT2D eigenvalue weighted by Gasteiger charge is 2.13. The van der Waals surface area contributed by atoms with Crippen LogP contribution < -0.4 is 4.74 Å². The van der Waals surface area contributed by atoms with Crippen LogP contribution in [0.15, 0.2) is 36.5 Å². The van der Waals surface area contributed by atoms with Crippen LogP contribution in [0.3, 0.4) is 0 Å². The van der Waals surface area contributed by atoms with Gasteiger partial charge in [-0.05, 0) is 37.5 Å². The minimum atomic E-state index is -1.04. The summed E-state index contributed by atoms with van der Waals surface area (Å²) in [6.45, 7) is 3.96. The lowest BCUT2D eigenvalue weighted by molar-refractivity contribution is 0.0693. The molecule has 0 aliphatic rings. The molecule has 0 saturated heterocycles. The highest BCUT2D eigenvalue weighted by atomic mass is 16.5. The summed E-state index contributed by atoms with van der Waals surface area (Å²) >= 11 is 0. The summed E-state index contributed by atoms with van der Waals surface area (Å²) in [6.07, 6.45) is 4.69. The van der Waals surface area contributed by atoms with Gasteiger partial charge in [-0.2, -0.15) is 0 Å². The maximum Gasteiger partial charge on any atom is 0.341 e. The lowest BCUT2D eigenvalue weighted by Crippen LogP contribution is -2.02. The van der Waals surface area contributed by atoms with E-state index < -0.39 is 5.97 Å². The molecule has 0 bridgehead atoms. The topological polar surface area (TPSA) is 59.4 Å². The first-order chi connectivity index (χ1) is 10.1. The number of aryl methyl sites for hydroxylation is 2. The average molecular weight is 285 g/mol. The van der Waals surface area contributed by atoms with Gasteiger partial charge in [-0.1, -0.05) is 25.5 Å². The highest BCUT2D eigenvalue weighted by Crippen LogP contribution is 2.26. The van der Waals surface area contributed by atoms with Crippen molar-refractivity contribution in [3.63, 3.8) is 0 Å². The van der Waals surface area contributed by atoms with Crippen molar-refractivity contribution < 1.29 is 14.6 Å². The number of nitrogens with zero attached hydrogens (tertiary/aromatic N) is 1. The van der Waals surface area contributed by atoms with Crippen molar-refractivity contribution in [2.45, 2.75) is 33.1 Å². The van der Waals surface area contributed by atoms with E-state index >= 15 is 0 Å². The lowest BCUT2D eigenvalue weighted by Gasteiger charge is -2.10. The molecular weight excluding hydrogens is 266 g/mol. The number of carboxylic acid groups (broad SMARTS) is 1. The van der Waals surface area contributed by atoms with Crippen LogP contribution in [0.1, 0.15) is 41.4 Å². The Kier molecular flexibility index (Phi) is 4.93. The fraction of sp³-hybridized carbons (Fsp3) is 0.294. The molecule has 0 fully saturated rings. The first-order valence-electron chi connectivity index (χ1n) is 7.07. The second-order valence-corrected chi connectivity index (χ2v) is 4.98. The van der Waals surface area contributed by atoms with Crippen LogP contribution in [0.25, 0.3) is 0 Å². The Morgan fingerprint density at radius 2 is 2.00 bits per heavy atom. The zero-order valence-corrected chi connectivity index (χ0v) is 12.3. The number of aromatic nitrogens is 1. The van der Waals surface area contributed by atoms with Crippen molar-refractivity contribution in [1.29, 1.82) is 0 Å². The van der Waals surface area contributed by atoms with E-state index in [1.165, 1.54) is 11.8 Å². The molecule has 2 aromatic rings. The molecular formula is C17H19NO3. The second kappa shape index (κ2) is 6.88. The standard InChI is InChI=1S/C17H19NO3/c1-3-4-5-13-6-8-14(9-7-13)21-16-10-12(2)18-11-15(16)17(19)20/h6-11H,3-5H2,1-2H3,(H,19,20). The molecule has 2 rings (SSSR count). The summed E-state index contributed by atoms with van der Waals surface area (Å²) in [7, 11) is 0. The van der Waals surface area contributed by atoms with E-state index in [4.69, 9.17) is 9.84 Å². The van der Waals surface area contributed by atoms with Gasteiger partial charge in [0.2, 0.25) is 0 Å². The predicted molar refractivity (Wildman–Crippen MR) is 81.1 cm³/mol. The van der Waals surface area contributed by atoms with E-state index in [0.29, 0.717) is 11.5 Å². The fourth-order valence-electron chi connectivity index (χ4n) is 2.01. The van der Waals surface area contributed by atoms with E-state index in [2.05, 4.69) is 11.9 Å². The summed E-state index contributed by atoms with van der Waals surface area (Å²) in [5.41, 5.74) is 2.04. The van der Waals surface area contributed by atoms with Gasteiger partial charge in [0.25, 0.3) is 0 Å². The molecule has 0 saturated carbocycles. The van der Waals surface area contributed by atoms with Gasteiger partial charge >= 0.3 is 5.97 Å². The van der Waals surface area contributed by atoms with E-state index in [0.717, 1.165) is 25.0 Å². The van der Waals surface area contributed by atoms with Crippen LogP contribution in [0.2, 0.25) is 0 Å². The summed E-state index contributed by atoms with van der Waals surface area (Å²) in [5.74, 6) is -0.100. The maximum absolute atomic E-state index is 11.2. The number of ether oxygens (including phenoxy) is 1. The summed E-state index contributed by atoms with van der Waals surface area (Å²) in [5, 5.41) is 9.16. The first kappa shape index (κ1) is 15.0. The summed E-state index contributed by atoms with van der Waals surface area (Å²) in [4.78, 5) is 15.2. The Labute approximate surface area is 124 Å². The molecule has 1 heterocycles. The molecule has 0 aliphatic carbocycles. The quantitative estimate of drug-likeness (QED) is 0.863. The number of unbranched alkanes of at least 4 members (excludes halogenated alkanes) is 1. The van der Waals surface area contributed by atoms with Crippen LogP contribution in [-0.4, -0.2) is 16.1 Å². The van der Waals surface area contributed by atoms with Gasteiger partial charge < -0.3 is 9.84 Å². The summed E-state index contributed by atoms with van der Waals surface area (Å²) < 4.78 is 5.69.